The fourth-order valence-electron chi connectivity index (χ4n) is 1.58. The first kappa shape index (κ1) is 16.2. The zero-order valence-corrected chi connectivity index (χ0v) is 14.3. The van der Waals surface area contributed by atoms with Gasteiger partial charge in [-0.3, -0.25) is 4.72 Å². The molecule has 2 rings (SSSR count). The molecule has 0 fully saturated rings. The Hall–Kier alpha value is -1.17. The number of halogens is 1. The fraction of sp³-hybridized carbons (Fsp3) is 0. The number of hydrogen-bond donors (Lipinski definition) is 2. The van der Waals surface area contributed by atoms with Crippen molar-refractivity contribution in [2.24, 2.45) is 5.14 Å². The first-order valence-corrected chi connectivity index (χ1v) is 9.70. The number of nitrogens with two attached hydrogens (primary N) is 1. The number of benzene rings is 2. The van der Waals surface area contributed by atoms with Crippen molar-refractivity contribution in [2.75, 3.05) is 4.72 Å². The van der Waals surface area contributed by atoms with Gasteiger partial charge in [0.25, 0.3) is 10.0 Å². The largest absolute Gasteiger partial charge is 0.280 e. The Balaban J connectivity index is 2.41. The van der Waals surface area contributed by atoms with E-state index in [4.69, 9.17) is 5.14 Å². The molecule has 0 aromatic heterocycles. The van der Waals surface area contributed by atoms with E-state index in [9.17, 15) is 16.8 Å². The number of sulfonamides is 2. The molecule has 0 atom stereocenters. The molecule has 112 valence electrons. The van der Waals surface area contributed by atoms with Crippen LogP contribution in [-0.2, 0) is 20.0 Å². The summed E-state index contributed by atoms with van der Waals surface area (Å²) in [7, 11) is -7.84. The van der Waals surface area contributed by atoms with Crippen LogP contribution in [0, 0.1) is 3.57 Å². The summed E-state index contributed by atoms with van der Waals surface area (Å²) in [6, 6.07) is 11.7. The smallest absolute Gasteiger partial charge is 0.261 e. The van der Waals surface area contributed by atoms with Gasteiger partial charge in [-0.2, -0.15) is 0 Å². The molecule has 3 N–H and O–H groups in total. The second-order valence-corrected chi connectivity index (χ2v) is 8.63. The second kappa shape index (κ2) is 5.91. The van der Waals surface area contributed by atoms with Gasteiger partial charge in [0.2, 0.25) is 10.0 Å². The van der Waals surface area contributed by atoms with Crippen LogP contribution in [-0.4, -0.2) is 16.8 Å². The highest BCUT2D eigenvalue weighted by Crippen LogP contribution is 2.20. The summed E-state index contributed by atoms with van der Waals surface area (Å²) < 4.78 is 50.3. The summed E-state index contributed by atoms with van der Waals surface area (Å²) in [5.41, 5.74) is 0.392. The minimum absolute atomic E-state index is 0.173. The van der Waals surface area contributed by atoms with Crippen LogP contribution < -0.4 is 9.86 Å². The van der Waals surface area contributed by atoms with Crippen LogP contribution in [0.4, 0.5) is 5.69 Å². The standard InChI is InChI=1S/C12H11IN2O4S2/c13-9-3-1-4-10(7-9)15-21(18,19)12-6-2-5-11(8-12)20(14,16)17/h1-8,15H,(H2,14,16,17). The molecular weight excluding hydrogens is 427 g/mol. The van der Waals surface area contributed by atoms with Crippen molar-refractivity contribution in [1.29, 1.82) is 0 Å². The maximum Gasteiger partial charge on any atom is 0.261 e. The number of hydrogen-bond acceptors (Lipinski definition) is 4. The normalized spacial score (nSPS) is 12.1. The molecule has 2 aromatic rings. The van der Waals surface area contributed by atoms with E-state index in [1.54, 1.807) is 18.2 Å². The Kier molecular flexibility index (Phi) is 4.56. The van der Waals surface area contributed by atoms with Crippen LogP contribution in [0.5, 0.6) is 0 Å². The van der Waals surface area contributed by atoms with E-state index in [2.05, 4.69) is 27.3 Å². The van der Waals surface area contributed by atoms with E-state index < -0.39 is 20.0 Å². The molecule has 0 unspecified atom stereocenters. The highest BCUT2D eigenvalue weighted by atomic mass is 127. The van der Waals surface area contributed by atoms with E-state index in [0.29, 0.717) is 5.69 Å². The van der Waals surface area contributed by atoms with Crippen molar-refractivity contribution in [3.63, 3.8) is 0 Å². The van der Waals surface area contributed by atoms with Gasteiger partial charge in [-0.05, 0) is 59.0 Å². The molecule has 9 heteroatoms. The number of rotatable bonds is 4. The fourth-order valence-corrected chi connectivity index (χ4v) is 3.86. The van der Waals surface area contributed by atoms with Gasteiger partial charge in [0, 0.05) is 9.26 Å². The van der Waals surface area contributed by atoms with Crippen molar-refractivity contribution in [1.82, 2.24) is 0 Å². The molecule has 0 spiro atoms. The number of anilines is 1. The van der Waals surface area contributed by atoms with Gasteiger partial charge in [0.15, 0.2) is 0 Å². The molecule has 0 amide bonds. The third-order valence-corrected chi connectivity index (χ3v) is 5.48. The van der Waals surface area contributed by atoms with Crippen molar-refractivity contribution < 1.29 is 16.8 Å². The van der Waals surface area contributed by atoms with E-state index in [-0.39, 0.29) is 9.79 Å². The molecule has 0 saturated carbocycles. The average Bonchev–Trinajstić information content (AvgIpc) is 2.37. The molecule has 21 heavy (non-hydrogen) atoms. The zero-order valence-electron chi connectivity index (χ0n) is 10.5. The minimum Gasteiger partial charge on any atom is -0.280 e. The van der Waals surface area contributed by atoms with Crippen LogP contribution in [0.2, 0.25) is 0 Å². The first-order valence-electron chi connectivity index (χ1n) is 5.60. The van der Waals surface area contributed by atoms with Crippen molar-refractivity contribution in [3.8, 4) is 0 Å². The molecule has 0 aliphatic heterocycles. The monoisotopic (exact) mass is 438 g/mol. The van der Waals surface area contributed by atoms with Crippen LogP contribution in [0.3, 0.4) is 0 Å². The highest BCUT2D eigenvalue weighted by molar-refractivity contribution is 14.1. The third-order valence-electron chi connectivity index (χ3n) is 2.52. The van der Waals surface area contributed by atoms with Crippen LogP contribution in [0.15, 0.2) is 58.3 Å². The Morgan fingerprint density at radius 1 is 0.905 bits per heavy atom. The lowest BCUT2D eigenvalue weighted by molar-refractivity contribution is 0.597. The van der Waals surface area contributed by atoms with Crippen LogP contribution >= 0.6 is 22.6 Å². The van der Waals surface area contributed by atoms with Crippen molar-refractivity contribution >= 4 is 48.3 Å². The van der Waals surface area contributed by atoms with Crippen molar-refractivity contribution in [3.05, 3.63) is 52.1 Å². The maximum absolute atomic E-state index is 12.2. The van der Waals surface area contributed by atoms with E-state index >= 15 is 0 Å². The van der Waals surface area contributed by atoms with Gasteiger partial charge in [0.1, 0.15) is 0 Å². The summed E-state index contributed by atoms with van der Waals surface area (Å²) in [6.45, 7) is 0. The van der Waals surface area contributed by atoms with E-state index in [1.807, 2.05) is 6.07 Å². The number of primary sulfonamides is 1. The molecule has 0 aliphatic carbocycles. The SMILES string of the molecule is NS(=O)(=O)c1cccc(S(=O)(=O)Nc2cccc(I)c2)c1. The van der Waals surface area contributed by atoms with E-state index in [1.165, 1.54) is 18.2 Å². The Bertz CT molecular complexity index is 880. The predicted molar refractivity (Wildman–Crippen MR) is 87.8 cm³/mol. The van der Waals surface area contributed by atoms with Gasteiger partial charge < -0.3 is 0 Å². The van der Waals surface area contributed by atoms with Gasteiger partial charge in [0.05, 0.1) is 9.79 Å². The molecule has 0 aliphatic rings. The lowest BCUT2D eigenvalue weighted by Gasteiger charge is -2.09. The second-order valence-electron chi connectivity index (χ2n) is 4.14. The summed E-state index contributed by atoms with van der Waals surface area (Å²) >= 11 is 2.06. The van der Waals surface area contributed by atoms with Gasteiger partial charge in [-0.15, -0.1) is 0 Å². The van der Waals surface area contributed by atoms with Crippen LogP contribution in [0.25, 0.3) is 0 Å². The third kappa shape index (κ3) is 4.15. The molecule has 0 heterocycles. The Morgan fingerprint density at radius 2 is 1.52 bits per heavy atom. The molecule has 0 bridgehead atoms. The van der Waals surface area contributed by atoms with Crippen molar-refractivity contribution in [2.45, 2.75) is 9.79 Å². The van der Waals surface area contributed by atoms with Crippen LogP contribution in [0.1, 0.15) is 0 Å². The molecule has 2 aromatic carbocycles. The zero-order chi connectivity index (χ0) is 15.7. The van der Waals surface area contributed by atoms with Gasteiger partial charge in [-0.25, -0.2) is 22.0 Å². The maximum atomic E-state index is 12.2. The van der Waals surface area contributed by atoms with E-state index in [0.717, 1.165) is 9.64 Å². The molecule has 0 saturated heterocycles. The highest BCUT2D eigenvalue weighted by Gasteiger charge is 2.17. The topological polar surface area (TPSA) is 106 Å². The first-order chi connectivity index (χ1) is 9.68. The van der Waals surface area contributed by atoms with Gasteiger partial charge >= 0.3 is 0 Å². The Morgan fingerprint density at radius 3 is 2.14 bits per heavy atom. The molecular formula is C12H11IN2O4S2. The lowest BCUT2D eigenvalue weighted by Crippen LogP contribution is -2.16. The minimum atomic E-state index is -3.96. The predicted octanol–water partition coefficient (Wildman–Crippen LogP) is 1.74. The average molecular weight is 438 g/mol. The molecule has 0 radical (unpaired) electrons. The summed E-state index contributed by atoms with van der Waals surface area (Å²) in [4.78, 5) is -0.430. The lowest BCUT2D eigenvalue weighted by atomic mass is 10.3. The number of nitrogens with one attached hydrogen (secondary N) is 1. The summed E-state index contributed by atoms with van der Waals surface area (Å²) in [5, 5.41) is 5.00. The summed E-state index contributed by atoms with van der Waals surface area (Å²) in [6.07, 6.45) is 0. The van der Waals surface area contributed by atoms with Gasteiger partial charge in [-0.1, -0.05) is 12.1 Å². The summed E-state index contributed by atoms with van der Waals surface area (Å²) in [5.74, 6) is 0. The Labute approximate surface area is 136 Å². The molecule has 6 nitrogen and oxygen atoms in total. The quantitative estimate of drug-likeness (QED) is 0.710.